The highest BCUT2D eigenvalue weighted by Crippen LogP contribution is 2.40. The zero-order chi connectivity index (χ0) is 23.6. The van der Waals surface area contributed by atoms with E-state index in [-0.39, 0.29) is 6.61 Å². The summed E-state index contributed by atoms with van der Waals surface area (Å²) in [5, 5.41) is 3.09. The van der Waals surface area contributed by atoms with Gasteiger partial charge in [-0.15, -0.1) is 0 Å². The van der Waals surface area contributed by atoms with Gasteiger partial charge >= 0.3 is 11.7 Å². The van der Waals surface area contributed by atoms with Crippen molar-refractivity contribution in [2.45, 2.75) is 26.7 Å². The van der Waals surface area contributed by atoms with Gasteiger partial charge < -0.3 is 15.0 Å². The molecule has 1 unspecified atom stereocenters. The van der Waals surface area contributed by atoms with E-state index in [2.05, 4.69) is 30.6 Å². The predicted octanol–water partition coefficient (Wildman–Crippen LogP) is 2.49. The van der Waals surface area contributed by atoms with Gasteiger partial charge in [0.1, 0.15) is 12.4 Å². The molecule has 1 aromatic carbocycles. The van der Waals surface area contributed by atoms with E-state index in [0.717, 1.165) is 28.9 Å². The van der Waals surface area contributed by atoms with E-state index in [0.29, 0.717) is 22.7 Å². The van der Waals surface area contributed by atoms with E-state index in [9.17, 15) is 14.4 Å². The van der Waals surface area contributed by atoms with Crippen LogP contribution < -0.4 is 21.5 Å². The first-order valence-corrected chi connectivity index (χ1v) is 10.7. The van der Waals surface area contributed by atoms with Crippen molar-refractivity contribution in [3.8, 4) is 0 Å². The first-order chi connectivity index (χ1) is 15.3. The number of nitrogens with zero attached hydrogens (tertiary/aromatic N) is 3. The van der Waals surface area contributed by atoms with Crippen LogP contribution >= 0.6 is 0 Å². The van der Waals surface area contributed by atoms with Crippen molar-refractivity contribution in [3.05, 3.63) is 80.2 Å². The molecule has 0 saturated heterocycles. The Bertz CT molecular complexity index is 1180. The Kier molecular flexibility index (Phi) is 6.72. The standard InChI is InChI=1S/C24H30N4O4/c1-7-14-32-23(30)18-15(4)25-21-20(22(29)27(6)24(31)26(21)5)19(18)16-10-12-17(13-11-16)28(8-2)9-3/h7,10-13,19,25H,1,8-9,14H2,2-6H3. The molecule has 1 N–H and O–H groups in total. The number of anilines is 2. The SMILES string of the molecule is C=CCOC(=O)C1=C(C)Nc2c(c(=O)n(C)c(=O)n2C)C1c1ccc(N(CC)CC)cc1. The number of hydrogen-bond acceptors (Lipinski definition) is 6. The number of carbonyl (C=O) groups is 1. The molecule has 1 aromatic heterocycles. The average molecular weight is 439 g/mol. The molecule has 0 aliphatic carbocycles. The molecule has 1 atom stereocenters. The number of rotatable bonds is 7. The Balaban J connectivity index is 2.26. The fourth-order valence-corrected chi connectivity index (χ4v) is 4.17. The summed E-state index contributed by atoms with van der Waals surface area (Å²) in [5.74, 6) is -0.831. The highest BCUT2D eigenvalue weighted by atomic mass is 16.5. The molecular formula is C24H30N4O4. The van der Waals surface area contributed by atoms with Crippen LogP contribution in [0.1, 0.15) is 37.8 Å². The Hall–Kier alpha value is -3.55. The van der Waals surface area contributed by atoms with Crippen LogP contribution in [0.3, 0.4) is 0 Å². The predicted molar refractivity (Wildman–Crippen MR) is 126 cm³/mol. The summed E-state index contributed by atoms with van der Waals surface area (Å²) < 4.78 is 7.80. The van der Waals surface area contributed by atoms with Crippen LogP contribution in [0.25, 0.3) is 0 Å². The van der Waals surface area contributed by atoms with E-state index < -0.39 is 23.1 Å². The second-order valence-corrected chi connectivity index (χ2v) is 7.72. The molecule has 0 saturated carbocycles. The van der Waals surface area contributed by atoms with E-state index >= 15 is 0 Å². The van der Waals surface area contributed by atoms with Crippen molar-refractivity contribution >= 4 is 17.5 Å². The van der Waals surface area contributed by atoms with E-state index in [1.54, 1.807) is 14.0 Å². The Morgan fingerprint density at radius 3 is 2.34 bits per heavy atom. The Morgan fingerprint density at radius 1 is 1.16 bits per heavy atom. The maximum absolute atomic E-state index is 13.2. The molecule has 170 valence electrons. The number of esters is 1. The lowest BCUT2D eigenvalue weighted by Gasteiger charge is -2.31. The summed E-state index contributed by atoms with van der Waals surface area (Å²) in [6, 6.07) is 7.81. The van der Waals surface area contributed by atoms with E-state index in [1.165, 1.54) is 17.7 Å². The number of carbonyl (C=O) groups excluding carboxylic acids is 1. The van der Waals surface area contributed by atoms with Crippen molar-refractivity contribution in [1.82, 2.24) is 9.13 Å². The van der Waals surface area contributed by atoms with Crippen LogP contribution in [-0.4, -0.2) is 34.8 Å². The zero-order valence-corrected chi connectivity index (χ0v) is 19.3. The Morgan fingerprint density at radius 2 is 1.78 bits per heavy atom. The lowest BCUT2D eigenvalue weighted by atomic mass is 9.82. The topological polar surface area (TPSA) is 85.6 Å². The smallest absolute Gasteiger partial charge is 0.337 e. The fraction of sp³-hybridized carbons (Fsp3) is 0.375. The van der Waals surface area contributed by atoms with Crippen molar-refractivity contribution in [2.24, 2.45) is 14.1 Å². The lowest BCUT2D eigenvalue weighted by Crippen LogP contribution is -2.43. The maximum Gasteiger partial charge on any atom is 0.337 e. The molecule has 8 heteroatoms. The monoisotopic (exact) mass is 438 g/mol. The third kappa shape index (κ3) is 3.88. The van der Waals surface area contributed by atoms with E-state index in [1.807, 2.05) is 24.3 Å². The number of aromatic nitrogens is 2. The van der Waals surface area contributed by atoms with Crippen LogP contribution in [0.15, 0.2) is 57.8 Å². The van der Waals surface area contributed by atoms with Gasteiger partial charge in [0.2, 0.25) is 0 Å². The molecule has 3 rings (SSSR count). The highest BCUT2D eigenvalue weighted by Gasteiger charge is 2.37. The molecule has 0 bridgehead atoms. The molecule has 1 aliphatic rings. The molecule has 0 amide bonds. The van der Waals surface area contributed by atoms with Crippen molar-refractivity contribution in [1.29, 1.82) is 0 Å². The minimum atomic E-state index is -0.681. The number of allylic oxidation sites excluding steroid dienone is 1. The summed E-state index contributed by atoms with van der Waals surface area (Å²) in [5.41, 5.74) is 2.14. The van der Waals surface area contributed by atoms with Gasteiger partial charge in [0.05, 0.1) is 17.1 Å². The number of fused-ring (bicyclic) bond motifs is 1. The highest BCUT2D eigenvalue weighted by molar-refractivity contribution is 5.94. The van der Waals surface area contributed by atoms with Gasteiger partial charge in [-0.2, -0.15) is 0 Å². The fourth-order valence-electron chi connectivity index (χ4n) is 4.17. The van der Waals surface area contributed by atoms with Gasteiger partial charge in [-0.3, -0.25) is 13.9 Å². The molecule has 0 fully saturated rings. The summed E-state index contributed by atoms with van der Waals surface area (Å²) >= 11 is 0. The largest absolute Gasteiger partial charge is 0.458 e. The van der Waals surface area contributed by atoms with Gasteiger partial charge in [-0.25, -0.2) is 9.59 Å². The van der Waals surface area contributed by atoms with Crippen LogP contribution in [0.4, 0.5) is 11.5 Å². The first-order valence-electron chi connectivity index (χ1n) is 10.7. The summed E-state index contributed by atoms with van der Waals surface area (Å²) in [6.07, 6.45) is 1.49. The first kappa shape index (κ1) is 23.1. The maximum atomic E-state index is 13.2. The Labute approximate surface area is 187 Å². The molecule has 0 spiro atoms. The average Bonchev–Trinajstić information content (AvgIpc) is 2.80. The normalized spacial score (nSPS) is 15.1. The third-order valence-electron chi connectivity index (χ3n) is 5.89. The van der Waals surface area contributed by atoms with Gasteiger partial charge in [-0.1, -0.05) is 24.8 Å². The van der Waals surface area contributed by atoms with Crippen molar-refractivity contribution in [2.75, 3.05) is 29.9 Å². The van der Waals surface area contributed by atoms with Crippen LogP contribution in [0.2, 0.25) is 0 Å². The van der Waals surface area contributed by atoms with Gasteiger partial charge in [0.15, 0.2) is 0 Å². The third-order valence-corrected chi connectivity index (χ3v) is 5.89. The van der Waals surface area contributed by atoms with Crippen molar-refractivity contribution in [3.63, 3.8) is 0 Å². The molecular weight excluding hydrogens is 408 g/mol. The minimum absolute atomic E-state index is 0.0569. The van der Waals surface area contributed by atoms with Crippen LogP contribution in [-0.2, 0) is 23.6 Å². The van der Waals surface area contributed by atoms with E-state index in [4.69, 9.17) is 4.74 Å². The lowest BCUT2D eigenvalue weighted by molar-refractivity contribution is -0.138. The molecule has 0 radical (unpaired) electrons. The number of hydrogen-bond donors (Lipinski definition) is 1. The van der Waals surface area contributed by atoms with Crippen molar-refractivity contribution < 1.29 is 9.53 Å². The van der Waals surface area contributed by atoms with Gasteiger partial charge in [-0.05, 0) is 38.5 Å². The number of ether oxygens (including phenoxy) is 1. The quantitative estimate of drug-likeness (QED) is 0.528. The van der Waals surface area contributed by atoms with Gasteiger partial charge in [0.25, 0.3) is 5.56 Å². The minimum Gasteiger partial charge on any atom is -0.458 e. The van der Waals surface area contributed by atoms with Crippen LogP contribution in [0.5, 0.6) is 0 Å². The molecule has 8 nitrogen and oxygen atoms in total. The zero-order valence-electron chi connectivity index (χ0n) is 19.3. The van der Waals surface area contributed by atoms with Crippen LogP contribution in [0, 0.1) is 0 Å². The second-order valence-electron chi connectivity index (χ2n) is 7.72. The summed E-state index contributed by atoms with van der Waals surface area (Å²) in [6.45, 7) is 11.3. The second kappa shape index (κ2) is 9.30. The molecule has 2 aromatic rings. The molecule has 1 aliphatic heterocycles. The van der Waals surface area contributed by atoms with Gasteiger partial charge in [0, 0.05) is 38.6 Å². The molecule has 2 heterocycles. The number of benzene rings is 1. The number of nitrogens with one attached hydrogen (secondary N) is 1. The summed E-state index contributed by atoms with van der Waals surface area (Å²) in [4.78, 5) is 41.0. The summed E-state index contributed by atoms with van der Waals surface area (Å²) in [7, 11) is 3.04. The molecule has 32 heavy (non-hydrogen) atoms.